The summed E-state index contributed by atoms with van der Waals surface area (Å²) in [4.78, 5) is 19.2. The number of pyridine rings is 1. The molecule has 7 nitrogen and oxygen atoms in total. The lowest BCUT2D eigenvalue weighted by Crippen LogP contribution is -2.40. The average molecular weight is 392 g/mol. The first kappa shape index (κ1) is 19.1. The number of likely N-dealkylation sites (tertiary alicyclic amines) is 1. The maximum atomic E-state index is 13.1. The van der Waals surface area contributed by atoms with Gasteiger partial charge in [0.2, 0.25) is 0 Å². The molecule has 1 fully saturated rings. The third-order valence-corrected chi connectivity index (χ3v) is 5.49. The molecule has 2 N–H and O–H groups in total. The Morgan fingerprint density at radius 3 is 2.79 bits per heavy atom. The molecule has 4 rings (SSSR count). The van der Waals surface area contributed by atoms with Crippen LogP contribution in [-0.4, -0.2) is 51.3 Å². The Balaban J connectivity index is 1.45. The summed E-state index contributed by atoms with van der Waals surface area (Å²) in [6, 6.07) is 13.1. The van der Waals surface area contributed by atoms with Gasteiger partial charge >= 0.3 is 0 Å². The summed E-state index contributed by atoms with van der Waals surface area (Å²) in [5.74, 6) is 0.762. The fourth-order valence-electron chi connectivity index (χ4n) is 3.83. The molecule has 1 saturated heterocycles. The van der Waals surface area contributed by atoms with Crippen LogP contribution in [0.2, 0.25) is 0 Å². The van der Waals surface area contributed by atoms with Gasteiger partial charge in [0.15, 0.2) is 0 Å². The lowest BCUT2D eigenvalue weighted by atomic mass is 9.89. The molecule has 3 aromatic rings. The zero-order valence-corrected chi connectivity index (χ0v) is 16.3. The predicted molar refractivity (Wildman–Crippen MR) is 108 cm³/mol. The summed E-state index contributed by atoms with van der Waals surface area (Å²) in [7, 11) is 1.61. The van der Waals surface area contributed by atoms with Crippen LogP contribution in [0, 0.1) is 5.92 Å². The fourth-order valence-corrected chi connectivity index (χ4v) is 3.83. The quantitative estimate of drug-likeness (QED) is 0.696. The van der Waals surface area contributed by atoms with Gasteiger partial charge in [-0.05, 0) is 43.0 Å². The van der Waals surface area contributed by atoms with Crippen LogP contribution in [0.1, 0.15) is 35.0 Å². The van der Waals surface area contributed by atoms with Crippen molar-refractivity contribution in [3.05, 3.63) is 66.1 Å². The van der Waals surface area contributed by atoms with E-state index in [9.17, 15) is 9.90 Å². The molecular weight excluding hydrogens is 368 g/mol. The molecule has 29 heavy (non-hydrogen) atoms. The zero-order valence-electron chi connectivity index (χ0n) is 16.3. The number of nitrogens with zero attached hydrogens (tertiary/aromatic N) is 3. The SMILES string of the molecule is COc1cccc(-c2[nH]ncc2C(=O)N2CCC([C@@H](O)c3ccccn3)CC2)c1. The number of carbonyl (C=O) groups is 1. The number of aromatic amines is 1. The van der Waals surface area contributed by atoms with Crippen LogP contribution < -0.4 is 4.74 Å². The van der Waals surface area contributed by atoms with Crippen LogP contribution in [0.15, 0.2) is 54.9 Å². The Bertz CT molecular complexity index is 965. The second-order valence-corrected chi connectivity index (χ2v) is 7.22. The molecule has 1 aliphatic heterocycles. The van der Waals surface area contributed by atoms with Crippen molar-refractivity contribution in [3.63, 3.8) is 0 Å². The third kappa shape index (κ3) is 4.00. The van der Waals surface area contributed by atoms with Gasteiger partial charge in [0, 0.05) is 24.8 Å². The van der Waals surface area contributed by atoms with Gasteiger partial charge in [0.05, 0.1) is 36.4 Å². The van der Waals surface area contributed by atoms with E-state index in [0.717, 1.165) is 24.2 Å². The highest BCUT2D eigenvalue weighted by Crippen LogP contribution is 2.31. The van der Waals surface area contributed by atoms with E-state index in [1.807, 2.05) is 47.4 Å². The topological polar surface area (TPSA) is 91.3 Å². The molecule has 2 aromatic heterocycles. The summed E-state index contributed by atoms with van der Waals surface area (Å²) in [5, 5.41) is 17.6. The number of aromatic nitrogens is 3. The summed E-state index contributed by atoms with van der Waals surface area (Å²) in [6.07, 6.45) is 4.13. The second-order valence-electron chi connectivity index (χ2n) is 7.22. The van der Waals surface area contributed by atoms with Crippen molar-refractivity contribution >= 4 is 5.91 Å². The van der Waals surface area contributed by atoms with E-state index in [-0.39, 0.29) is 11.8 Å². The number of rotatable bonds is 5. The number of H-pyrrole nitrogens is 1. The van der Waals surface area contributed by atoms with Crippen molar-refractivity contribution < 1.29 is 14.6 Å². The third-order valence-electron chi connectivity index (χ3n) is 5.49. The molecule has 150 valence electrons. The van der Waals surface area contributed by atoms with Crippen LogP contribution in [0.25, 0.3) is 11.3 Å². The van der Waals surface area contributed by atoms with Gasteiger partial charge in [-0.2, -0.15) is 5.10 Å². The number of aliphatic hydroxyl groups is 1. The molecule has 1 aliphatic rings. The Morgan fingerprint density at radius 1 is 1.24 bits per heavy atom. The van der Waals surface area contributed by atoms with E-state index in [2.05, 4.69) is 15.2 Å². The molecule has 0 unspecified atom stereocenters. The highest BCUT2D eigenvalue weighted by atomic mass is 16.5. The Kier molecular flexibility index (Phi) is 5.57. The summed E-state index contributed by atoms with van der Waals surface area (Å²) >= 11 is 0. The maximum Gasteiger partial charge on any atom is 0.257 e. The van der Waals surface area contributed by atoms with Gasteiger partial charge in [0.1, 0.15) is 5.75 Å². The number of aliphatic hydroxyl groups excluding tert-OH is 1. The number of benzene rings is 1. The molecule has 1 aromatic carbocycles. The van der Waals surface area contributed by atoms with Gasteiger partial charge in [-0.25, -0.2) is 0 Å². The molecule has 7 heteroatoms. The van der Waals surface area contributed by atoms with Gasteiger partial charge in [0.25, 0.3) is 5.91 Å². The van der Waals surface area contributed by atoms with Crippen LogP contribution in [0.3, 0.4) is 0 Å². The van der Waals surface area contributed by atoms with Crippen LogP contribution in [0.5, 0.6) is 5.75 Å². The minimum absolute atomic E-state index is 0.0534. The number of amides is 1. The van der Waals surface area contributed by atoms with E-state index in [0.29, 0.717) is 30.0 Å². The van der Waals surface area contributed by atoms with Crippen molar-refractivity contribution in [1.82, 2.24) is 20.1 Å². The standard InChI is InChI=1S/C22H24N4O3/c1-29-17-6-4-5-16(13-17)20-18(14-24-25-20)22(28)26-11-8-15(9-12-26)21(27)19-7-2-3-10-23-19/h2-7,10,13-15,21,27H,8-9,11-12H2,1H3,(H,24,25)/t21-/m1/s1. The lowest BCUT2D eigenvalue weighted by Gasteiger charge is -2.34. The Morgan fingerprint density at radius 2 is 2.07 bits per heavy atom. The largest absolute Gasteiger partial charge is 0.497 e. The first-order valence-corrected chi connectivity index (χ1v) is 9.73. The molecule has 1 atom stereocenters. The number of hydrogen-bond donors (Lipinski definition) is 2. The van der Waals surface area contributed by atoms with Crippen LogP contribution in [0.4, 0.5) is 0 Å². The minimum Gasteiger partial charge on any atom is -0.497 e. The monoisotopic (exact) mass is 392 g/mol. The minimum atomic E-state index is -0.602. The van der Waals surface area contributed by atoms with Crippen molar-refractivity contribution in [2.45, 2.75) is 18.9 Å². The number of piperidine rings is 1. The molecule has 0 radical (unpaired) electrons. The smallest absolute Gasteiger partial charge is 0.257 e. The van der Waals surface area contributed by atoms with Crippen LogP contribution >= 0.6 is 0 Å². The van der Waals surface area contributed by atoms with Crippen molar-refractivity contribution in [3.8, 4) is 17.0 Å². The highest BCUT2D eigenvalue weighted by Gasteiger charge is 2.30. The zero-order chi connectivity index (χ0) is 20.2. The van der Waals surface area contributed by atoms with Gasteiger partial charge in [-0.3, -0.25) is 14.9 Å². The molecule has 0 aliphatic carbocycles. The van der Waals surface area contributed by atoms with Crippen molar-refractivity contribution in [2.24, 2.45) is 5.92 Å². The van der Waals surface area contributed by atoms with E-state index >= 15 is 0 Å². The first-order valence-electron chi connectivity index (χ1n) is 9.73. The first-order chi connectivity index (χ1) is 14.2. The van der Waals surface area contributed by atoms with E-state index in [1.165, 1.54) is 0 Å². The maximum absolute atomic E-state index is 13.1. The molecule has 0 spiro atoms. The molecular formula is C22H24N4O3. The Hall–Kier alpha value is -3.19. The van der Waals surface area contributed by atoms with Crippen LogP contribution in [-0.2, 0) is 0 Å². The summed E-state index contributed by atoms with van der Waals surface area (Å²) in [6.45, 7) is 1.19. The number of hydrogen-bond acceptors (Lipinski definition) is 5. The van der Waals surface area contributed by atoms with Gasteiger partial charge in [-0.1, -0.05) is 18.2 Å². The molecule has 0 saturated carbocycles. The second kappa shape index (κ2) is 8.45. The highest BCUT2D eigenvalue weighted by molar-refractivity contribution is 5.99. The summed E-state index contributed by atoms with van der Waals surface area (Å²) < 4.78 is 5.28. The van der Waals surface area contributed by atoms with Gasteiger partial charge in [-0.15, -0.1) is 0 Å². The predicted octanol–water partition coefficient (Wildman–Crippen LogP) is 3.07. The van der Waals surface area contributed by atoms with Gasteiger partial charge < -0.3 is 14.7 Å². The van der Waals surface area contributed by atoms with Crippen molar-refractivity contribution in [2.75, 3.05) is 20.2 Å². The number of methoxy groups -OCH3 is 1. The number of nitrogens with one attached hydrogen (secondary N) is 1. The lowest BCUT2D eigenvalue weighted by molar-refractivity contribution is 0.0448. The fraction of sp³-hybridized carbons (Fsp3) is 0.318. The van der Waals surface area contributed by atoms with E-state index in [4.69, 9.17) is 4.74 Å². The van der Waals surface area contributed by atoms with E-state index < -0.39 is 6.10 Å². The van der Waals surface area contributed by atoms with Crippen molar-refractivity contribution in [1.29, 1.82) is 0 Å². The molecule has 3 heterocycles. The Labute approximate surface area is 169 Å². The normalized spacial score (nSPS) is 15.9. The average Bonchev–Trinajstić information content (AvgIpc) is 3.29. The summed E-state index contributed by atoms with van der Waals surface area (Å²) in [5.41, 5.74) is 2.77. The molecule has 0 bridgehead atoms. The number of carbonyl (C=O) groups excluding carboxylic acids is 1. The number of ether oxygens (including phenoxy) is 1. The van der Waals surface area contributed by atoms with E-state index in [1.54, 1.807) is 19.5 Å². The molecule has 1 amide bonds.